The molecule has 0 aromatic heterocycles. The third kappa shape index (κ3) is 2.63. The van der Waals surface area contributed by atoms with Gasteiger partial charge in [0.2, 0.25) is 0 Å². The molecular weight excluding hydrogens is 336 g/mol. The van der Waals surface area contributed by atoms with Crippen LogP contribution in [0.1, 0.15) is 51.4 Å². The van der Waals surface area contributed by atoms with Crippen molar-refractivity contribution < 1.29 is 14.9 Å². The topological polar surface area (TPSA) is 49.7 Å². The van der Waals surface area contributed by atoms with Gasteiger partial charge in [0.05, 0.1) is 0 Å². The summed E-state index contributed by atoms with van der Waals surface area (Å²) in [5.41, 5.74) is 0. The third-order valence-electron chi connectivity index (χ3n) is 10.7. The van der Waals surface area contributed by atoms with E-state index in [-0.39, 0.29) is 0 Å². The molecule has 6 aliphatic carbocycles. The maximum atomic E-state index is 9.74. The first-order chi connectivity index (χ1) is 13.3. The largest absolute Gasteiger partial charge is 0.396 e. The lowest BCUT2D eigenvalue weighted by atomic mass is 9.73. The second-order valence-corrected chi connectivity index (χ2v) is 11.5. The van der Waals surface area contributed by atoms with Crippen LogP contribution in [0.3, 0.4) is 0 Å². The fourth-order valence-corrected chi connectivity index (χ4v) is 9.82. The molecule has 0 saturated heterocycles. The highest BCUT2D eigenvalue weighted by atomic mass is 16.5. The summed E-state index contributed by atoms with van der Waals surface area (Å²) in [4.78, 5) is 0. The molecule has 6 aliphatic rings. The van der Waals surface area contributed by atoms with Crippen molar-refractivity contribution in [3.8, 4) is 0 Å². The Hall–Kier alpha value is -0.120. The van der Waals surface area contributed by atoms with E-state index in [1.54, 1.807) is 0 Å². The minimum absolute atomic E-state index is 0.412. The molecule has 0 radical (unpaired) electrons. The first kappa shape index (κ1) is 17.7. The predicted molar refractivity (Wildman–Crippen MR) is 104 cm³/mol. The van der Waals surface area contributed by atoms with E-state index in [9.17, 15) is 10.2 Å². The zero-order valence-electron chi connectivity index (χ0n) is 16.7. The van der Waals surface area contributed by atoms with Crippen LogP contribution in [0.2, 0.25) is 0 Å². The van der Waals surface area contributed by atoms with Crippen LogP contribution in [0.5, 0.6) is 0 Å². The molecule has 0 amide bonds. The summed E-state index contributed by atoms with van der Waals surface area (Å²) in [5.74, 6) is 10.0. The molecule has 27 heavy (non-hydrogen) atoms. The molecule has 3 nitrogen and oxygen atoms in total. The molecule has 2 N–H and O–H groups in total. The summed E-state index contributed by atoms with van der Waals surface area (Å²) >= 11 is 0. The normalized spacial score (nSPS) is 57.6. The van der Waals surface area contributed by atoms with Gasteiger partial charge in [0.25, 0.3) is 0 Å². The molecule has 6 saturated carbocycles. The van der Waals surface area contributed by atoms with E-state index in [4.69, 9.17) is 4.74 Å². The van der Waals surface area contributed by atoms with Crippen molar-refractivity contribution in [1.29, 1.82) is 0 Å². The Kier molecular flexibility index (Phi) is 4.40. The fraction of sp³-hybridized carbons (Fsp3) is 1.00. The van der Waals surface area contributed by atoms with Crippen LogP contribution in [0.4, 0.5) is 0 Å². The zero-order valence-corrected chi connectivity index (χ0v) is 16.7. The molecule has 152 valence electrons. The number of hydrogen-bond donors (Lipinski definition) is 2. The predicted octanol–water partition coefficient (Wildman–Crippen LogP) is 3.58. The van der Waals surface area contributed by atoms with Crippen molar-refractivity contribution in [2.75, 3.05) is 26.4 Å². The van der Waals surface area contributed by atoms with Gasteiger partial charge in [-0.25, -0.2) is 0 Å². The Balaban J connectivity index is 1.03. The molecule has 0 spiro atoms. The molecule has 6 fully saturated rings. The van der Waals surface area contributed by atoms with Gasteiger partial charge in [0.1, 0.15) is 0 Å². The molecule has 3 heteroatoms. The monoisotopic (exact) mass is 374 g/mol. The summed E-state index contributed by atoms with van der Waals surface area (Å²) < 4.78 is 6.43. The molecule has 0 aliphatic heterocycles. The van der Waals surface area contributed by atoms with Crippen molar-refractivity contribution in [2.24, 2.45) is 71.0 Å². The highest BCUT2D eigenvalue weighted by molar-refractivity contribution is 5.06. The van der Waals surface area contributed by atoms with Gasteiger partial charge in [-0.05, 0) is 122 Å². The van der Waals surface area contributed by atoms with Crippen LogP contribution < -0.4 is 0 Å². The maximum absolute atomic E-state index is 9.74. The van der Waals surface area contributed by atoms with E-state index in [2.05, 4.69) is 0 Å². The van der Waals surface area contributed by atoms with Gasteiger partial charge in [-0.2, -0.15) is 0 Å². The Bertz CT molecular complexity index is 564. The fourth-order valence-electron chi connectivity index (χ4n) is 9.82. The third-order valence-corrected chi connectivity index (χ3v) is 10.7. The van der Waals surface area contributed by atoms with Gasteiger partial charge in [0, 0.05) is 26.4 Å². The first-order valence-corrected chi connectivity index (χ1v) is 12.1. The molecule has 6 rings (SSSR count). The number of aliphatic hydroxyl groups is 2. The highest BCUT2D eigenvalue weighted by Gasteiger charge is 2.57. The van der Waals surface area contributed by atoms with E-state index < -0.39 is 0 Å². The lowest BCUT2D eigenvalue weighted by molar-refractivity contribution is 0.0134. The van der Waals surface area contributed by atoms with Crippen LogP contribution in [-0.2, 0) is 4.74 Å². The number of hydrogen-bond acceptors (Lipinski definition) is 3. The smallest absolute Gasteiger partial charge is 0.0497 e. The minimum Gasteiger partial charge on any atom is -0.396 e. The lowest BCUT2D eigenvalue weighted by Crippen LogP contribution is -2.32. The van der Waals surface area contributed by atoms with Crippen LogP contribution in [0.25, 0.3) is 0 Å². The van der Waals surface area contributed by atoms with E-state index in [1.807, 2.05) is 0 Å². The summed E-state index contributed by atoms with van der Waals surface area (Å²) in [5, 5.41) is 19.3. The van der Waals surface area contributed by atoms with E-state index in [0.717, 1.165) is 72.4 Å². The standard InChI is InChI=1S/C24H38O3/c25-9-13-3-20-16-6-18(21(7-16)23(20)4-13)12-27-11-14-1-2-19-15-5-17(10-26)22(8-15)24(14)19/h13-26H,1-12H2. The first-order valence-electron chi connectivity index (χ1n) is 12.1. The van der Waals surface area contributed by atoms with E-state index in [0.29, 0.717) is 25.0 Å². The number of aliphatic hydroxyl groups excluding tert-OH is 2. The molecule has 0 aromatic rings. The van der Waals surface area contributed by atoms with E-state index >= 15 is 0 Å². The quantitative estimate of drug-likeness (QED) is 0.747. The van der Waals surface area contributed by atoms with Gasteiger partial charge in [-0.15, -0.1) is 0 Å². The molecular formula is C24H38O3. The Morgan fingerprint density at radius 1 is 0.593 bits per heavy atom. The van der Waals surface area contributed by atoms with Gasteiger partial charge >= 0.3 is 0 Å². The average molecular weight is 375 g/mol. The van der Waals surface area contributed by atoms with Crippen molar-refractivity contribution in [2.45, 2.75) is 51.4 Å². The number of ether oxygens (including phenoxy) is 1. The van der Waals surface area contributed by atoms with Crippen molar-refractivity contribution in [3.63, 3.8) is 0 Å². The van der Waals surface area contributed by atoms with Crippen molar-refractivity contribution in [3.05, 3.63) is 0 Å². The second kappa shape index (κ2) is 6.71. The Morgan fingerprint density at radius 3 is 2.19 bits per heavy atom. The average Bonchev–Trinajstić information content (AvgIpc) is 3.47. The van der Waals surface area contributed by atoms with Crippen LogP contribution in [0.15, 0.2) is 0 Å². The summed E-state index contributed by atoms with van der Waals surface area (Å²) in [7, 11) is 0. The van der Waals surface area contributed by atoms with Crippen LogP contribution >= 0.6 is 0 Å². The summed E-state index contributed by atoms with van der Waals surface area (Å²) in [6.07, 6.45) is 11.0. The van der Waals surface area contributed by atoms with Gasteiger partial charge in [-0.3, -0.25) is 0 Å². The van der Waals surface area contributed by atoms with Crippen LogP contribution in [0, 0.1) is 71.0 Å². The summed E-state index contributed by atoms with van der Waals surface area (Å²) in [6, 6.07) is 0. The Labute approximate surface area is 164 Å². The molecule has 4 bridgehead atoms. The maximum Gasteiger partial charge on any atom is 0.0497 e. The molecule has 12 atom stereocenters. The van der Waals surface area contributed by atoms with E-state index in [1.165, 1.54) is 51.4 Å². The van der Waals surface area contributed by atoms with Crippen LogP contribution in [-0.4, -0.2) is 36.6 Å². The Morgan fingerprint density at radius 2 is 1.33 bits per heavy atom. The van der Waals surface area contributed by atoms with Gasteiger partial charge in [0.15, 0.2) is 0 Å². The zero-order chi connectivity index (χ0) is 18.1. The molecule has 0 heterocycles. The van der Waals surface area contributed by atoms with Crippen molar-refractivity contribution >= 4 is 0 Å². The summed E-state index contributed by atoms with van der Waals surface area (Å²) in [6.45, 7) is 2.82. The lowest BCUT2D eigenvalue weighted by Gasteiger charge is -2.34. The van der Waals surface area contributed by atoms with Crippen molar-refractivity contribution in [1.82, 2.24) is 0 Å². The van der Waals surface area contributed by atoms with Gasteiger partial charge in [-0.1, -0.05) is 0 Å². The van der Waals surface area contributed by atoms with Gasteiger partial charge < -0.3 is 14.9 Å². The molecule has 12 unspecified atom stereocenters. The SMILES string of the molecule is OCC1CC2C3CC(COCC4CCC5C6CC(CO)C(C6)C45)C(C3)C2C1. The number of rotatable bonds is 6. The number of fused-ring (bicyclic) bond motifs is 10. The minimum atomic E-state index is 0.412. The second-order valence-electron chi connectivity index (χ2n) is 11.5. The highest BCUT2D eigenvalue weighted by Crippen LogP contribution is 2.63. The molecule has 0 aromatic carbocycles.